The molecule has 0 spiro atoms. The van der Waals surface area contributed by atoms with Gasteiger partial charge in [-0.1, -0.05) is 44.6 Å². The van der Waals surface area contributed by atoms with Crippen molar-refractivity contribution in [1.29, 1.82) is 0 Å². The van der Waals surface area contributed by atoms with Crippen LogP contribution in [-0.4, -0.2) is 35.8 Å². The molecule has 1 unspecified atom stereocenters. The minimum atomic E-state index is -0.183. The van der Waals surface area contributed by atoms with Gasteiger partial charge in [-0.05, 0) is 12.0 Å². The number of nitrogens with zero attached hydrogens (tertiary/aromatic N) is 1. The minimum absolute atomic E-state index is 0. The van der Waals surface area contributed by atoms with Crippen LogP contribution in [-0.2, 0) is 31.2 Å². The molecular weight excluding hydrogens is 291 g/mol. The Morgan fingerprint density at radius 1 is 1.21 bits per heavy atom. The molecule has 0 amide bonds. The molecule has 1 saturated heterocycles. The van der Waals surface area contributed by atoms with Crippen molar-refractivity contribution in [3.05, 3.63) is 35.6 Å². The molecule has 0 saturated carbocycles. The average Bonchev–Trinajstić information content (AvgIpc) is 2.52. The van der Waals surface area contributed by atoms with Crippen LogP contribution in [0.1, 0.15) is 20.8 Å². The van der Waals surface area contributed by atoms with Crippen molar-refractivity contribution in [3.8, 4) is 0 Å². The van der Waals surface area contributed by atoms with Gasteiger partial charge in [-0.15, -0.1) is 4.75 Å². The molecule has 1 atom stereocenters. The van der Waals surface area contributed by atoms with Crippen LogP contribution in [0.4, 0.5) is 0 Å². The van der Waals surface area contributed by atoms with Crippen molar-refractivity contribution in [2.45, 2.75) is 25.5 Å². The first-order valence-corrected chi connectivity index (χ1v) is 7.16. The Morgan fingerprint density at radius 2 is 1.84 bits per heavy atom. The minimum Gasteiger partial charge on any atom is -0.782 e. The summed E-state index contributed by atoms with van der Waals surface area (Å²) in [5, 5.41) is 3.39. The summed E-state index contributed by atoms with van der Waals surface area (Å²) in [6, 6.07) is 0. The summed E-state index contributed by atoms with van der Waals surface area (Å²) in [5.74, 6) is 0.446. The van der Waals surface area contributed by atoms with E-state index in [1.807, 2.05) is 0 Å². The fourth-order valence-corrected chi connectivity index (χ4v) is 2.56. The van der Waals surface area contributed by atoms with E-state index in [1.165, 1.54) is 11.3 Å². The zero-order chi connectivity index (χ0) is 13.2. The van der Waals surface area contributed by atoms with E-state index >= 15 is 0 Å². The van der Waals surface area contributed by atoms with Gasteiger partial charge in [0.15, 0.2) is 0 Å². The van der Waals surface area contributed by atoms with Gasteiger partial charge in [0.2, 0.25) is 0 Å². The molecular formula is C15H23N2SV-. The largest absolute Gasteiger partial charge is 0.782 e. The molecule has 2 nitrogen and oxygen atoms in total. The predicted octanol–water partition coefficient (Wildman–Crippen LogP) is 2.23. The third-order valence-corrected chi connectivity index (χ3v) is 3.72. The summed E-state index contributed by atoms with van der Waals surface area (Å²) in [4.78, 5) is 2.46. The fraction of sp³-hybridized carbons (Fsp3) is 0.600. The van der Waals surface area contributed by atoms with E-state index in [2.05, 4.69) is 55.3 Å². The summed E-state index contributed by atoms with van der Waals surface area (Å²) in [6.07, 6.45) is 9.06. The average molecular weight is 314 g/mol. The molecule has 19 heavy (non-hydrogen) atoms. The van der Waals surface area contributed by atoms with E-state index in [9.17, 15) is 0 Å². The number of nitrogens with one attached hydrogen (secondary N) is 1. The maximum atomic E-state index is 5.55. The van der Waals surface area contributed by atoms with E-state index in [0.29, 0.717) is 5.92 Å². The first kappa shape index (κ1) is 17.0. The van der Waals surface area contributed by atoms with Gasteiger partial charge in [0, 0.05) is 50.4 Å². The zero-order valence-corrected chi connectivity index (χ0v) is 14.2. The SMILES string of the molecule is CC1C=C(N2CCNCC2)C=CC(C(C)(C)[S-])=C1.[V]. The molecule has 1 aliphatic carbocycles. The third kappa shape index (κ3) is 4.75. The molecule has 0 aromatic heterocycles. The number of rotatable bonds is 2. The molecule has 1 aliphatic heterocycles. The predicted molar refractivity (Wildman–Crippen MR) is 80.4 cm³/mol. The van der Waals surface area contributed by atoms with Crippen LogP contribution in [0.15, 0.2) is 35.6 Å². The standard InChI is InChI=1S/C15H24N2S.V/c1-12-10-13(15(2,3)18)4-5-14(11-12)17-8-6-16-7-9-17;/h4-5,10-12,16,18H,6-9H2,1-3H3;/p-1. The second kappa shape index (κ2) is 7.08. The molecule has 0 aromatic carbocycles. The number of hydrogen-bond donors (Lipinski definition) is 1. The van der Waals surface area contributed by atoms with Crippen LogP contribution in [0, 0.1) is 5.92 Å². The number of allylic oxidation sites excluding steroid dienone is 4. The Bertz CT molecular complexity index is 387. The molecule has 2 aliphatic rings. The number of piperazine rings is 1. The zero-order valence-electron chi connectivity index (χ0n) is 12.0. The second-order valence-corrected chi connectivity index (χ2v) is 6.67. The first-order valence-electron chi connectivity index (χ1n) is 6.75. The van der Waals surface area contributed by atoms with E-state index in [0.717, 1.165) is 26.2 Å². The third-order valence-electron chi connectivity index (χ3n) is 3.49. The first-order chi connectivity index (χ1) is 8.47. The van der Waals surface area contributed by atoms with Gasteiger partial charge in [-0.2, -0.15) is 0 Å². The smallest absolute Gasteiger partial charge is 0.0332 e. The van der Waals surface area contributed by atoms with E-state index in [4.69, 9.17) is 12.6 Å². The van der Waals surface area contributed by atoms with Gasteiger partial charge in [-0.25, -0.2) is 0 Å². The van der Waals surface area contributed by atoms with Crippen LogP contribution in [0.2, 0.25) is 0 Å². The topological polar surface area (TPSA) is 15.3 Å². The Kier molecular flexibility index (Phi) is 6.32. The summed E-state index contributed by atoms with van der Waals surface area (Å²) in [5.41, 5.74) is 2.60. The van der Waals surface area contributed by atoms with Crippen LogP contribution in [0.3, 0.4) is 0 Å². The van der Waals surface area contributed by atoms with Gasteiger partial charge in [-0.3, -0.25) is 0 Å². The normalized spacial score (nSPS) is 24.2. The molecule has 4 heteroatoms. The van der Waals surface area contributed by atoms with Crippen LogP contribution >= 0.6 is 0 Å². The van der Waals surface area contributed by atoms with E-state index in [1.54, 1.807) is 0 Å². The van der Waals surface area contributed by atoms with Crippen molar-refractivity contribution in [2.24, 2.45) is 5.92 Å². The van der Waals surface area contributed by atoms with E-state index < -0.39 is 0 Å². The van der Waals surface area contributed by atoms with Gasteiger partial charge >= 0.3 is 0 Å². The fourth-order valence-electron chi connectivity index (χ4n) is 2.42. The van der Waals surface area contributed by atoms with Crippen molar-refractivity contribution in [3.63, 3.8) is 0 Å². The van der Waals surface area contributed by atoms with Crippen molar-refractivity contribution in [1.82, 2.24) is 10.2 Å². The summed E-state index contributed by atoms with van der Waals surface area (Å²) >= 11 is 5.55. The van der Waals surface area contributed by atoms with Gasteiger partial charge in [0.05, 0.1) is 0 Å². The Hall–Kier alpha value is -0.0856. The molecule has 0 bridgehead atoms. The van der Waals surface area contributed by atoms with E-state index in [-0.39, 0.29) is 23.3 Å². The molecule has 1 fully saturated rings. The van der Waals surface area contributed by atoms with Crippen LogP contribution in [0.25, 0.3) is 0 Å². The van der Waals surface area contributed by atoms with Crippen molar-refractivity contribution in [2.75, 3.05) is 26.2 Å². The molecule has 105 valence electrons. The van der Waals surface area contributed by atoms with Crippen LogP contribution < -0.4 is 5.32 Å². The summed E-state index contributed by atoms with van der Waals surface area (Å²) < 4.78 is -0.183. The quantitative estimate of drug-likeness (QED) is 0.787. The summed E-state index contributed by atoms with van der Waals surface area (Å²) in [6.45, 7) is 10.8. The van der Waals surface area contributed by atoms with Gasteiger partial charge in [0.25, 0.3) is 0 Å². The van der Waals surface area contributed by atoms with Gasteiger partial charge in [0.1, 0.15) is 0 Å². The number of hydrogen-bond acceptors (Lipinski definition) is 3. The molecule has 0 aromatic rings. The maximum absolute atomic E-state index is 5.55. The van der Waals surface area contributed by atoms with Crippen molar-refractivity contribution >= 4 is 12.6 Å². The summed E-state index contributed by atoms with van der Waals surface area (Å²) in [7, 11) is 0. The Labute approximate surface area is 134 Å². The maximum Gasteiger partial charge on any atom is 0.0332 e. The Morgan fingerprint density at radius 3 is 2.42 bits per heavy atom. The van der Waals surface area contributed by atoms with Crippen LogP contribution in [0.5, 0.6) is 0 Å². The monoisotopic (exact) mass is 314 g/mol. The molecule has 1 N–H and O–H groups in total. The van der Waals surface area contributed by atoms with Gasteiger partial charge < -0.3 is 22.8 Å². The second-order valence-electron chi connectivity index (χ2n) is 5.65. The van der Waals surface area contributed by atoms with Crippen molar-refractivity contribution < 1.29 is 18.6 Å². The molecule has 1 radical (unpaired) electrons. The molecule has 2 rings (SSSR count). The Balaban J connectivity index is 0.00000180. The molecule has 1 heterocycles.